The number of carbonyl (C=O) groups excluding carboxylic acids is 2. The molecule has 108 valence electrons. The number of amides is 3. The second-order valence-corrected chi connectivity index (χ2v) is 5.12. The minimum Gasteiger partial charge on any atom is -0.480 e. The molecule has 0 radical (unpaired) electrons. The molecule has 3 amide bonds. The monoisotopic (exact) mass is 271 g/mol. The lowest BCUT2D eigenvalue weighted by Crippen LogP contribution is -2.55. The van der Waals surface area contributed by atoms with E-state index in [1.807, 2.05) is 13.8 Å². The summed E-state index contributed by atoms with van der Waals surface area (Å²) in [6.45, 7) is 4.37. The molecule has 0 saturated carbocycles. The fourth-order valence-corrected chi connectivity index (χ4v) is 1.96. The number of nitrogens with one attached hydrogen (secondary N) is 3. The SMILES string of the molecule is CC(C)C[C@H](NC(=O)NC1CCCNC1=O)C(=O)O. The number of carboxylic acids is 1. The number of carboxylic acid groups (broad SMARTS) is 1. The highest BCUT2D eigenvalue weighted by Gasteiger charge is 2.26. The van der Waals surface area contributed by atoms with Gasteiger partial charge in [0.2, 0.25) is 5.91 Å². The molecule has 0 aliphatic carbocycles. The number of hydrogen-bond donors (Lipinski definition) is 4. The Balaban J connectivity index is 2.47. The van der Waals surface area contributed by atoms with Crippen LogP contribution < -0.4 is 16.0 Å². The first-order chi connectivity index (χ1) is 8.90. The molecule has 0 bridgehead atoms. The molecule has 1 aliphatic rings. The van der Waals surface area contributed by atoms with Crippen LogP contribution in [-0.2, 0) is 9.59 Å². The molecule has 0 aromatic heterocycles. The summed E-state index contributed by atoms with van der Waals surface area (Å²) in [6.07, 6.45) is 1.71. The number of aliphatic carboxylic acids is 1. The first kappa shape index (κ1) is 15.3. The van der Waals surface area contributed by atoms with E-state index in [9.17, 15) is 14.4 Å². The molecule has 2 atom stereocenters. The van der Waals surface area contributed by atoms with E-state index in [1.165, 1.54) is 0 Å². The Morgan fingerprint density at radius 3 is 2.68 bits per heavy atom. The zero-order valence-corrected chi connectivity index (χ0v) is 11.2. The average Bonchev–Trinajstić information content (AvgIpc) is 2.30. The van der Waals surface area contributed by atoms with Gasteiger partial charge in [-0.2, -0.15) is 0 Å². The molecule has 1 unspecified atom stereocenters. The lowest BCUT2D eigenvalue weighted by atomic mass is 10.0. The van der Waals surface area contributed by atoms with E-state index in [-0.39, 0.29) is 11.8 Å². The number of carbonyl (C=O) groups is 3. The van der Waals surface area contributed by atoms with E-state index in [0.717, 1.165) is 6.42 Å². The molecule has 1 heterocycles. The van der Waals surface area contributed by atoms with Gasteiger partial charge in [-0.1, -0.05) is 13.8 Å². The van der Waals surface area contributed by atoms with Crippen molar-refractivity contribution in [1.82, 2.24) is 16.0 Å². The van der Waals surface area contributed by atoms with Crippen LogP contribution in [0.1, 0.15) is 33.1 Å². The molecule has 19 heavy (non-hydrogen) atoms. The molecule has 0 spiro atoms. The van der Waals surface area contributed by atoms with Crippen molar-refractivity contribution in [3.63, 3.8) is 0 Å². The van der Waals surface area contributed by atoms with Gasteiger partial charge in [-0.25, -0.2) is 9.59 Å². The number of rotatable bonds is 5. The van der Waals surface area contributed by atoms with Crippen LogP contribution in [0.4, 0.5) is 4.79 Å². The number of hydrogen-bond acceptors (Lipinski definition) is 3. The third-order valence-corrected chi connectivity index (χ3v) is 2.90. The Bertz CT molecular complexity index is 357. The summed E-state index contributed by atoms with van der Waals surface area (Å²) in [6, 6.07) is -2.14. The van der Waals surface area contributed by atoms with Gasteiger partial charge >= 0.3 is 12.0 Å². The third kappa shape index (κ3) is 5.15. The maximum absolute atomic E-state index is 11.7. The fraction of sp³-hybridized carbons (Fsp3) is 0.750. The van der Waals surface area contributed by atoms with Crippen LogP contribution in [0.2, 0.25) is 0 Å². The molecule has 1 fully saturated rings. The average molecular weight is 271 g/mol. The Hall–Kier alpha value is -1.79. The molecular weight excluding hydrogens is 250 g/mol. The zero-order valence-electron chi connectivity index (χ0n) is 11.2. The first-order valence-corrected chi connectivity index (χ1v) is 6.47. The smallest absolute Gasteiger partial charge is 0.326 e. The maximum Gasteiger partial charge on any atom is 0.326 e. The summed E-state index contributed by atoms with van der Waals surface area (Å²) in [4.78, 5) is 34.2. The molecule has 0 aromatic rings. The largest absolute Gasteiger partial charge is 0.480 e. The second kappa shape index (κ2) is 6.96. The quantitative estimate of drug-likeness (QED) is 0.567. The van der Waals surface area contributed by atoms with E-state index in [4.69, 9.17) is 5.11 Å². The van der Waals surface area contributed by atoms with Gasteiger partial charge in [-0.15, -0.1) is 0 Å². The molecular formula is C12H21N3O4. The standard InChI is InChI=1S/C12H21N3O4/c1-7(2)6-9(11(17)18)15-12(19)14-8-4-3-5-13-10(8)16/h7-9H,3-6H2,1-2H3,(H,13,16)(H,17,18)(H2,14,15,19)/t8?,9-/m0/s1. The molecule has 1 rings (SSSR count). The Labute approximate surface area is 112 Å². The van der Waals surface area contributed by atoms with E-state index < -0.39 is 24.1 Å². The highest BCUT2D eigenvalue weighted by atomic mass is 16.4. The van der Waals surface area contributed by atoms with Gasteiger partial charge in [0.05, 0.1) is 0 Å². The van der Waals surface area contributed by atoms with E-state index in [1.54, 1.807) is 0 Å². The molecule has 4 N–H and O–H groups in total. The first-order valence-electron chi connectivity index (χ1n) is 6.47. The van der Waals surface area contributed by atoms with Gasteiger partial charge in [0, 0.05) is 6.54 Å². The minimum atomic E-state index is -1.07. The molecule has 7 heteroatoms. The summed E-state index contributed by atoms with van der Waals surface area (Å²) in [7, 11) is 0. The van der Waals surface area contributed by atoms with Crippen molar-refractivity contribution in [1.29, 1.82) is 0 Å². The van der Waals surface area contributed by atoms with Crippen LogP contribution in [0.15, 0.2) is 0 Å². The predicted octanol–water partition coefficient (Wildman–Crippen LogP) is 0.0635. The van der Waals surface area contributed by atoms with Gasteiger partial charge in [0.1, 0.15) is 12.1 Å². The van der Waals surface area contributed by atoms with Crippen molar-refractivity contribution in [3.05, 3.63) is 0 Å². The van der Waals surface area contributed by atoms with Crippen LogP contribution in [0, 0.1) is 5.92 Å². The summed E-state index contributed by atoms with van der Waals surface area (Å²) in [5.41, 5.74) is 0. The summed E-state index contributed by atoms with van der Waals surface area (Å²) in [5, 5.41) is 16.5. The van der Waals surface area contributed by atoms with Crippen molar-refractivity contribution in [2.24, 2.45) is 5.92 Å². The predicted molar refractivity (Wildman–Crippen MR) is 68.6 cm³/mol. The van der Waals surface area contributed by atoms with Crippen LogP contribution in [0.5, 0.6) is 0 Å². The lowest BCUT2D eigenvalue weighted by molar-refractivity contribution is -0.139. The Kier molecular flexibility index (Phi) is 5.59. The van der Waals surface area contributed by atoms with Crippen LogP contribution >= 0.6 is 0 Å². The van der Waals surface area contributed by atoms with Crippen molar-refractivity contribution < 1.29 is 19.5 Å². The summed E-state index contributed by atoms with van der Waals surface area (Å²) in [5.74, 6) is -1.14. The van der Waals surface area contributed by atoms with Crippen LogP contribution in [0.3, 0.4) is 0 Å². The van der Waals surface area contributed by atoms with E-state index >= 15 is 0 Å². The third-order valence-electron chi connectivity index (χ3n) is 2.90. The number of urea groups is 1. The zero-order chi connectivity index (χ0) is 14.4. The minimum absolute atomic E-state index is 0.152. The van der Waals surface area contributed by atoms with Crippen molar-refractivity contribution >= 4 is 17.9 Å². The van der Waals surface area contributed by atoms with E-state index in [0.29, 0.717) is 19.4 Å². The van der Waals surface area contributed by atoms with Gasteiger partial charge in [-0.05, 0) is 25.2 Å². The Morgan fingerprint density at radius 1 is 1.47 bits per heavy atom. The van der Waals surface area contributed by atoms with Gasteiger partial charge in [-0.3, -0.25) is 4.79 Å². The van der Waals surface area contributed by atoms with Crippen molar-refractivity contribution in [2.45, 2.75) is 45.2 Å². The van der Waals surface area contributed by atoms with E-state index in [2.05, 4.69) is 16.0 Å². The van der Waals surface area contributed by atoms with Crippen molar-refractivity contribution in [3.8, 4) is 0 Å². The van der Waals surface area contributed by atoms with Crippen LogP contribution in [-0.4, -0.2) is 41.6 Å². The van der Waals surface area contributed by atoms with Crippen molar-refractivity contribution in [2.75, 3.05) is 6.54 Å². The fourth-order valence-electron chi connectivity index (χ4n) is 1.96. The highest BCUT2D eigenvalue weighted by molar-refractivity contribution is 5.89. The maximum atomic E-state index is 11.7. The topological polar surface area (TPSA) is 108 Å². The second-order valence-electron chi connectivity index (χ2n) is 5.12. The number of piperidine rings is 1. The molecule has 1 aliphatic heterocycles. The van der Waals surface area contributed by atoms with Gasteiger partial charge < -0.3 is 21.1 Å². The van der Waals surface area contributed by atoms with Gasteiger partial charge in [0.15, 0.2) is 0 Å². The Morgan fingerprint density at radius 2 is 2.16 bits per heavy atom. The molecule has 1 saturated heterocycles. The molecule has 7 nitrogen and oxygen atoms in total. The molecule has 0 aromatic carbocycles. The normalized spacial score (nSPS) is 20.6. The summed E-state index contributed by atoms with van der Waals surface area (Å²) >= 11 is 0. The van der Waals surface area contributed by atoms with Crippen LogP contribution in [0.25, 0.3) is 0 Å². The van der Waals surface area contributed by atoms with Gasteiger partial charge in [0.25, 0.3) is 0 Å². The highest BCUT2D eigenvalue weighted by Crippen LogP contribution is 2.06. The lowest BCUT2D eigenvalue weighted by Gasteiger charge is -2.24. The summed E-state index contributed by atoms with van der Waals surface area (Å²) < 4.78 is 0.